The molecule has 0 fully saturated rings. The molecule has 1 rings (SSSR count). The van der Waals surface area contributed by atoms with Gasteiger partial charge in [0.1, 0.15) is 5.69 Å². The average molecular weight is 253 g/mol. The van der Waals surface area contributed by atoms with Crippen LogP contribution >= 0.6 is 0 Å². The van der Waals surface area contributed by atoms with Crippen molar-refractivity contribution < 1.29 is 14.7 Å². The van der Waals surface area contributed by atoms with Crippen LogP contribution in [-0.2, 0) is 11.8 Å². The van der Waals surface area contributed by atoms with Gasteiger partial charge < -0.3 is 10.4 Å². The van der Waals surface area contributed by atoms with E-state index in [4.69, 9.17) is 5.11 Å². The van der Waals surface area contributed by atoms with Gasteiger partial charge in [0.2, 0.25) is 0 Å². The van der Waals surface area contributed by atoms with Crippen LogP contribution in [0.15, 0.2) is 16.9 Å². The third-order valence-corrected chi connectivity index (χ3v) is 2.48. The summed E-state index contributed by atoms with van der Waals surface area (Å²) in [4.78, 5) is 33.3. The lowest BCUT2D eigenvalue weighted by Crippen LogP contribution is -2.30. The molecular formula is C11H15N3O4. The van der Waals surface area contributed by atoms with E-state index in [0.29, 0.717) is 6.42 Å². The summed E-state index contributed by atoms with van der Waals surface area (Å²) >= 11 is 0. The van der Waals surface area contributed by atoms with Crippen LogP contribution in [0.5, 0.6) is 0 Å². The van der Waals surface area contributed by atoms with Crippen molar-refractivity contribution in [2.45, 2.75) is 13.3 Å². The average Bonchev–Trinajstić information content (AvgIpc) is 2.32. The van der Waals surface area contributed by atoms with Crippen LogP contribution < -0.4 is 10.9 Å². The van der Waals surface area contributed by atoms with Gasteiger partial charge in [-0.25, -0.2) is 4.68 Å². The summed E-state index contributed by atoms with van der Waals surface area (Å²) in [6, 6.07) is 2.58. The quantitative estimate of drug-likeness (QED) is 0.745. The number of aliphatic carboxylic acids is 1. The summed E-state index contributed by atoms with van der Waals surface area (Å²) < 4.78 is 1.06. The third kappa shape index (κ3) is 3.69. The van der Waals surface area contributed by atoms with E-state index in [1.165, 1.54) is 19.2 Å². The fraction of sp³-hybridized carbons (Fsp3) is 0.455. The summed E-state index contributed by atoms with van der Waals surface area (Å²) in [5, 5.41) is 15.0. The highest BCUT2D eigenvalue weighted by atomic mass is 16.4. The summed E-state index contributed by atoms with van der Waals surface area (Å²) in [5.74, 6) is -1.84. The molecule has 1 atom stereocenters. The molecule has 1 aromatic heterocycles. The van der Waals surface area contributed by atoms with Crippen molar-refractivity contribution in [3.63, 3.8) is 0 Å². The van der Waals surface area contributed by atoms with Crippen LogP contribution in [0.4, 0.5) is 0 Å². The molecule has 7 heteroatoms. The molecule has 1 amide bonds. The number of nitrogens with one attached hydrogen (secondary N) is 1. The van der Waals surface area contributed by atoms with E-state index in [2.05, 4.69) is 10.4 Å². The first-order valence-electron chi connectivity index (χ1n) is 5.47. The number of carboxylic acids is 1. The minimum atomic E-state index is -0.899. The number of rotatable bonds is 5. The molecule has 1 heterocycles. The van der Waals surface area contributed by atoms with Crippen LogP contribution in [0.25, 0.3) is 0 Å². The number of aromatic nitrogens is 2. The van der Waals surface area contributed by atoms with Gasteiger partial charge in [-0.05, 0) is 12.5 Å². The topological polar surface area (TPSA) is 101 Å². The minimum absolute atomic E-state index is 0.125. The van der Waals surface area contributed by atoms with Crippen molar-refractivity contribution in [2.24, 2.45) is 13.0 Å². The van der Waals surface area contributed by atoms with Crippen LogP contribution in [0.1, 0.15) is 23.8 Å². The number of hydrogen-bond donors (Lipinski definition) is 2. The minimum Gasteiger partial charge on any atom is -0.481 e. The summed E-state index contributed by atoms with van der Waals surface area (Å²) in [7, 11) is 1.45. The second-order valence-corrected chi connectivity index (χ2v) is 3.96. The summed E-state index contributed by atoms with van der Waals surface area (Å²) in [5.41, 5.74) is -0.175. The number of carboxylic acid groups (broad SMARTS) is 1. The SMILES string of the molecule is CC(CCNC(=O)c1ccc(=O)n(C)n1)C(=O)O. The van der Waals surface area contributed by atoms with Crippen molar-refractivity contribution in [2.75, 3.05) is 6.54 Å². The number of nitrogens with zero attached hydrogens (tertiary/aromatic N) is 2. The molecule has 1 aromatic rings. The Labute approximate surface area is 103 Å². The van der Waals surface area contributed by atoms with Crippen LogP contribution in [0.2, 0.25) is 0 Å². The van der Waals surface area contributed by atoms with Gasteiger partial charge in [0.05, 0.1) is 5.92 Å². The Kier molecular flexibility index (Phi) is 4.59. The van der Waals surface area contributed by atoms with Crippen LogP contribution in [0, 0.1) is 5.92 Å². The molecule has 0 aromatic carbocycles. The number of carbonyl (C=O) groups is 2. The maximum Gasteiger partial charge on any atom is 0.306 e. The van der Waals surface area contributed by atoms with E-state index in [0.717, 1.165) is 4.68 Å². The molecule has 0 saturated carbocycles. The molecule has 0 spiro atoms. The second kappa shape index (κ2) is 5.95. The molecular weight excluding hydrogens is 238 g/mol. The molecule has 1 unspecified atom stereocenters. The van der Waals surface area contributed by atoms with Gasteiger partial charge in [-0.1, -0.05) is 6.92 Å². The van der Waals surface area contributed by atoms with Crippen molar-refractivity contribution >= 4 is 11.9 Å². The van der Waals surface area contributed by atoms with Gasteiger partial charge in [0.15, 0.2) is 0 Å². The lowest BCUT2D eigenvalue weighted by Gasteiger charge is -2.07. The maximum atomic E-state index is 11.6. The van der Waals surface area contributed by atoms with E-state index in [9.17, 15) is 14.4 Å². The first kappa shape index (κ1) is 13.9. The number of aryl methyl sites for hydroxylation is 1. The van der Waals surface area contributed by atoms with E-state index in [-0.39, 0.29) is 17.8 Å². The van der Waals surface area contributed by atoms with Gasteiger partial charge in [0, 0.05) is 19.7 Å². The first-order chi connectivity index (χ1) is 8.41. The Hall–Kier alpha value is -2.18. The highest BCUT2D eigenvalue weighted by molar-refractivity contribution is 5.91. The van der Waals surface area contributed by atoms with Gasteiger partial charge in [-0.15, -0.1) is 0 Å². The highest BCUT2D eigenvalue weighted by Crippen LogP contribution is 2.00. The predicted molar refractivity (Wildman–Crippen MR) is 63.2 cm³/mol. The summed E-state index contributed by atoms with van der Waals surface area (Å²) in [6.45, 7) is 1.82. The molecule has 0 radical (unpaired) electrons. The highest BCUT2D eigenvalue weighted by Gasteiger charge is 2.12. The monoisotopic (exact) mass is 253 g/mol. The molecule has 0 bridgehead atoms. The lowest BCUT2D eigenvalue weighted by molar-refractivity contribution is -0.141. The third-order valence-electron chi connectivity index (χ3n) is 2.48. The number of amides is 1. The lowest BCUT2D eigenvalue weighted by atomic mass is 10.1. The zero-order chi connectivity index (χ0) is 13.7. The molecule has 0 aliphatic heterocycles. The first-order valence-corrected chi connectivity index (χ1v) is 5.47. The maximum absolute atomic E-state index is 11.6. The fourth-order valence-electron chi connectivity index (χ4n) is 1.24. The van der Waals surface area contributed by atoms with Crippen molar-refractivity contribution in [1.82, 2.24) is 15.1 Å². The fourth-order valence-corrected chi connectivity index (χ4v) is 1.24. The van der Waals surface area contributed by atoms with Gasteiger partial charge >= 0.3 is 5.97 Å². The molecule has 0 aliphatic rings. The summed E-state index contributed by atoms with van der Waals surface area (Å²) in [6.07, 6.45) is 0.340. The predicted octanol–water partition coefficient (Wildman–Crippen LogP) is -0.379. The number of carbonyl (C=O) groups excluding carboxylic acids is 1. The molecule has 18 heavy (non-hydrogen) atoms. The van der Waals surface area contributed by atoms with Crippen LogP contribution in [-0.4, -0.2) is 33.3 Å². The smallest absolute Gasteiger partial charge is 0.306 e. The molecule has 0 saturated heterocycles. The Morgan fingerprint density at radius 2 is 2.17 bits per heavy atom. The van der Waals surface area contributed by atoms with E-state index in [1.54, 1.807) is 6.92 Å². The normalized spacial score (nSPS) is 11.9. The molecule has 2 N–H and O–H groups in total. The van der Waals surface area contributed by atoms with Gasteiger partial charge in [0.25, 0.3) is 11.5 Å². The molecule has 98 valence electrons. The Morgan fingerprint density at radius 1 is 1.50 bits per heavy atom. The Balaban J connectivity index is 2.53. The largest absolute Gasteiger partial charge is 0.481 e. The molecule has 0 aliphatic carbocycles. The van der Waals surface area contributed by atoms with Crippen molar-refractivity contribution in [3.8, 4) is 0 Å². The zero-order valence-electron chi connectivity index (χ0n) is 10.2. The Bertz CT molecular complexity index is 509. The van der Waals surface area contributed by atoms with E-state index >= 15 is 0 Å². The van der Waals surface area contributed by atoms with E-state index in [1.807, 2.05) is 0 Å². The Morgan fingerprint density at radius 3 is 2.72 bits per heavy atom. The standard InChI is InChI=1S/C11H15N3O4/c1-7(11(17)18)5-6-12-10(16)8-3-4-9(15)14(2)13-8/h3-4,7H,5-6H2,1-2H3,(H,12,16)(H,17,18). The van der Waals surface area contributed by atoms with Crippen LogP contribution in [0.3, 0.4) is 0 Å². The molecule has 7 nitrogen and oxygen atoms in total. The second-order valence-electron chi connectivity index (χ2n) is 3.96. The zero-order valence-corrected chi connectivity index (χ0v) is 10.2. The van der Waals surface area contributed by atoms with Crippen molar-refractivity contribution in [3.05, 3.63) is 28.2 Å². The van der Waals surface area contributed by atoms with E-state index < -0.39 is 17.8 Å². The van der Waals surface area contributed by atoms with Crippen molar-refractivity contribution in [1.29, 1.82) is 0 Å². The number of hydrogen-bond acceptors (Lipinski definition) is 4. The van der Waals surface area contributed by atoms with Gasteiger partial charge in [-0.3, -0.25) is 14.4 Å². The van der Waals surface area contributed by atoms with Gasteiger partial charge in [-0.2, -0.15) is 5.10 Å².